The number of amides is 3. The van der Waals surface area contributed by atoms with Gasteiger partial charge in [-0.05, 0) is 18.5 Å². The predicted octanol–water partition coefficient (Wildman–Crippen LogP) is 2.00. The van der Waals surface area contributed by atoms with Crippen LogP contribution in [0.4, 0.5) is 4.39 Å². The number of imide groups is 1. The summed E-state index contributed by atoms with van der Waals surface area (Å²) in [6, 6.07) is -13.6. The van der Waals surface area contributed by atoms with Gasteiger partial charge >= 0.3 is 0 Å². The van der Waals surface area contributed by atoms with E-state index in [1.807, 2.05) is 0 Å². The molecule has 9 heteroatoms. The molecule has 0 aliphatic carbocycles. The van der Waals surface area contributed by atoms with Crippen LogP contribution in [0.15, 0.2) is 36.3 Å². The third-order valence-corrected chi connectivity index (χ3v) is 4.15. The van der Waals surface area contributed by atoms with Crippen LogP contribution in [0.3, 0.4) is 0 Å². The molecule has 0 saturated carbocycles. The molecule has 0 spiro atoms. The molecule has 3 amide bonds. The zero-order valence-electron chi connectivity index (χ0n) is 41.3. The second-order valence-electron chi connectivity index (χ2n) is 6.21. The molecule has 0 bridgehead atoms. The van der Waals surface area contributed by atoms with Crippen LogP contribution < -0.4 is 10.1 Å². The van der Waals surface area contributed by atoms with Gasteiger partial charge in [0.1, 0.15) is 24.1 Å². The Morgan fingerprint density at radius 3 is 2.79 bits per heavy atom. The molecule has 0 aromatic heterocycles. The average Bonchev–Trinajstić information content (AvgIpc) is 3.26. The van der Waals surface area contributed by atoms with Gasteiger partial charge in [-0.3, -0.25) is 24.6 Å². The zero-order chi connectivity index (χ0) is 45.9. The molecule has 34 heavy (non-hydrogen) atoms. The summed E-state index contributed by atoms with van der Waals surface area (Å²) in [5, 5.41) is 1.29. The third-order valence-electron chi connectivity index (χ3n) is 4.15. The Morgan fingerprint density at radius 1 is 1.21 bits per heavy atom. The van der Waals surface area contributed by atoms with E-state index >= 15 is 4.39 Å². The lowest BCUT2D eigenvalue weighted by Gasteiger charge is -2.29. The van der Waals surface area contributed by atoms with Crippen molar-refractivity contribution in [1.82, 2.24) is 15.1 Å². The van der Waals surface area contributed by atoms with Crippen molar-refractivity contribution in [3.8, 4) is 5.75 Å². The van der Waals surface area contributed by atoms with Crippen LogP contribution >= 0.6 is 0 Å². The number of nitrogens with one attached hydrogen (secondary N) is 1. The van der Waals surface area contributed by atoms with E-state index in [4.69, 9.17) is 39.0 Å². The van der Waals surface area contributed by atoms with Crippen LogP contribution in [-0.4, -0.2) is 59.7 Å². The van der Waals surface area contributed by atoms with E-state index in [1.165, 1.54) is 5.32 Å². The summed E-state index contributed by atoms with van der Waals surface area (Å²) in [6.45, 7) is -28.8. The lowest BCUT2D eigenvalue weighted by molar-refractivity contribution is -0.136. The fourth-order valence-corrected chi connectivity index (χ4v) is 2.69. The molecule has 8 nitrogen and oxygen atoms in total. The first-order valence-corrected chi connectivity index (χ1v) is 8.96. The van der Waals surface area contributed by atoms with Crippen molar-refractivity contribution in [1.29, 1.82) is 0 Å². The molecule has 3 aliphatic rings. The van der Waals surface area contributed by atoms with Crippen molar-refractivity contribution in [2.75, 3.05) is 26.1 Å². The molecule has 2 aromatic rings. The maximum atomic E-state index is 16.8. The maximum Gasteiger partial charge on any atom is 0.255 e. The fraction of sp³-hybridized carbons (Fsp3) is 0.400. The van der Waals surface area contributed by atoms with Crippen LogP contribution in [0, 0.1) is 5.82 Å². The summed E-state index contributed by atoms with van der Waals surface area (Å²) in [7, 11) is 0. The van der Waals surface area contributed by atoms with E-state index in [9.17, 15) is 14.4 Å². The number of fused-ring (bicyclic) bond motifs is 1. The van der Waals surface area contributed by atoms with Crippen molar-refractivity contribution in [3.05, 3.63) is 64.3 Å². The summed E-state index contributed by atoms with van der Waals surface area (Å²) in [5.41, 5.74) is -7.03. The second-order valence-corrected chi connectivity index (χ2v) is 6.21. The SMILES string of the molecule is [2H]c1c([2H])c(OC([2H])([2H])c2c([2H])c([2H])c([2H])c(C([2H])([2H])N3C([2H])([2H])C([2H])([2H])OC([2H])([2H])C3([2H])[2H])c2F)c2c(c1[2H])C(=O)N(C1([2H])C(=O)NC(=O)C([2H])([2H])C1([2H])[2H])C2([2H])[2H]. The quantitative estimate of drug-likeness (QED) is 0.621. The number of rotatable bonds is 6. The van der Waals surface area contributed by atoms with Crippen LogP contribution in [0.25, 0.3) is 0 Å². The lowest BCUT2D eigenvalue weighted by Crippen LogP contribution is -2.52. The maximum absolute atomic E-state index is 16.8. The van der Waals surface area contributed by atoms with Crippen molar-refractivity contribution >= 4 is 17.7 Å². The molecule has 1 atom stereocenters. The minimum absolute atomic E-state index is 0.620. The Hall–Kier alpha value is -3.30. The van der Waals surface area contributed by atoms with Crippen LogP contribution in [0.2, 0.25) is 0 Å². The number of nitrogens with zero attached hydrogens (tertiary/aromatic N) is 2. The highest BCUT2D eigenvalue weighted by Gasteiger charge is 2.40. The molecule has 2 aromatic carbocycles. The van der Waals surface area contributed by atoms with Crippen LogP contribution in [0.1, 0.15) is 74.1 Å². The monoisotopic (exact) mass is 492 g/mol. The summed E-state index contributed by atoms with van der Waals surface area (Å²) in [4.78, 5) is 37.8. The Labute approximate surface area is 231 Å². The van der Waals surface area contributed by atoms with Gasteiger partial charge in [0.05, 0.1) is 40.2 Å². The summed E-state index contributed by atoms with van der Waals surface area (Å²) < 4.78 is 234. The van der Waals surface area contributed by atoms with Crippen molar-refractivity contribution < 1.29 is 62.5 Å². The normalized spacial score (nSPS) is 45.0. The van der Waals surface area contributed by atoms with Gasteiger partial charge in [-0.1, -0.05) is 24.2 Å². The van der Waals surface area contributed by atoms with Gasteiger partial charge in [-0.15, -0.1) is 0 Å². The molecule has 1 N–H and O–H groups in total. The predicted molar refractivity (Wildman–Crippen MR) is 119 cm³/mol. The minimum Gasteiger partial charge on any atom is -0.488 e. The first kappa shape index (κ1) is 7.60. The lowest BCUT2D eigenvalue weighted by atomic mass is 10.0. The van der Waals surface area contributed by atoms with E-state index in [0.717, 1.165) is 0 Å². The number of halogens is 1. The summed E-state index contributed by atoms with van der Waals surface area (Å²) >= 11 is 0. The highest BCUT2D eigenvalue weighted by Crippen LogP contribution is 2.34. The molecule has 1 unspecified atom stereocenters. The molecule has 3 heterocycles. The molecule has 5 rings (SSSR count). The zero-order valence-corrected chi connectivity index (χ0v) is 16.3. The number of morpholine rings is 1. The van der Waals surface area contributed by atoms with E-state index in [-0.39, 0.29) is 0 Å². The largest absolute Gasteiger partial charge is 0.488 e. The van der Waals surface area contributed by atoms with Gasteiger partial charge in [-0.25, -0.2) is 4.39 Å². The Bertz CT molecular complexity index is 2230. The Kier molecular flexibility index (Phi) is 2.13. The highest BCUT2D eigenvalue weighted by molar-refractivity contribution is 6.05. The molecule has 3 aliphatic heterocycles. The summed E-state index contributed by atoms with van der Waals surface area (Å²) in [6.07, 6.45) is -8.02. The van der Waals surface area contributed by atoms with Crippen molar-refractivity contribution in [2.45, 2.75) is 38.3 Å². The van der Waals surface area contributed by atoms with E-state index in [2.05, 4.69) is 4.74 Å². The van der Waals surface area contributed by atoms with Gasteiger partial charge in [0.2, 0.25) is 11.8 Å². The first-order chi connectivity index (χ1) is 26.1. The minimum atomic E-state index is -4.35. The highest BCUT2D eigenvalue weighted by atomic mass is 19.1. The van der Waals surface area contributed by atoms with Crippen LogP contribution in [0.5, 0.6) is 5.75 Å². The number of carbonyl (C=O) groups excluding carboxylic acids is 3. The van der Waals surface area contributed by atoms with Crippen molar-refractivity contribution in [3.63, 3.8) is 0 Å². The second kappa shape index (κ2) is 9.52. The number of carbonyl (C=O) groups is 3. The van der Waals surface area contributed by atoms with Gasteiger partial charge in [0.25, 0.3) is 5.91 Å². The molecular weight excluding hydrogens is 441 g/mol. The van der Waals surface area contributed by atoms with Crippen molar-refractivity contribution in [2.24, 2.45) is 0 Å². The Morgan fingerprint density at radius 2 is 1.97 bits per heavy atom. The molecular formula is C25H26FN3O5. The first-order valence-electron chi connectivity index (χ1n) is 21.5. The van der Waals surface area contributed by atoms with E-state index in [0.29, 0.717) is 0 Å². The third kappa shape index (κ3) is 4.41. The molecule has 0 radical (unpaired) electrons. The Balaban J connectivity index is 1.77. The topological polar surface area (TPSA) is 88.2 Å². The van der Waals surface area contributed by atoms with Gasteiger partial charge in [0, 0.05) is 61.8 Å². The number of ether oxygens (including phenoxy) is 2. The number of benzene rings is 2. The number of hydrogen-bond donors (Lipinski definition) is 1. The standard InChI is InChI=1S/C25H26FN3O5/c26-23-16(13-28-9-11-33-12-10-28)3-1-4-17(23)15-34-21-6-2-5-18-19(21)14-29(25(18)32)20-7-8-22(30)27-24(20)31/h1-6,20H,7-15H2,(H,27,30,31)/i1D,2D,3D,4D,5D,6D,7D2,8D2,9D2,10D2,11D2,12D2,13D2,14D2,15D2,20D. The van der Waals surface area contributed by atoms with E-state index in [1.54, 1.807) is 0 Å². The van der Waals surface area contributed by atoms with Gasteiger partial charge in [0.15, 0.2) is 0 Å². The van der Waals surface area contributed by atoms with Gasteiger partial charge < -0.3 is 14.4 Å². The fourth-order valence-electron chi connectivity index (χ4n) is 2.69. The number of piperidine rings is 1. The smallest absolute Gasteiger partial charge is 0.255 e. The van der Waals surface area contributed by atoms with Crippen LogP contribution in [-0.2, 0) is 33.9 Å². The number of hydrogen-bond acceptors (Lipinski definition) is 6. The summed E-state index contributed by atoms with van der Waals surface area (Å²) in [5.74, 6) is -10.3. The van der Waals surface area contributed by atoms with Gasteiger partial charge in [-0.2, -0.15) is 0 Å². The molecule has 2 fully saturated rings. The molecule has 2 saturated heterocycles. The average molecular weight is 493 g/mol. The molecule has 178 valence electrons. The van der Waals surface area contributed by atoms with E-state index < -0.39 is 162 Å².